The summed E-state index contributed by atoms with van der Waals surface area (Å²) in [5.74, 6) is 1.38. The highest BCUT2D eigenvalue weighted by Crippen LogP contribution is 2.22. The van der Waals surface area contributed by atoms with Crippen molar-refractivity contribution < 1.29 is 4.74 Å². The molecule has 0 atom stereocenters. The van der Waals surface area contributed by atoms with Crippen molar-refractivity contribution in [3.63, 3.8) is 0 Å². The first kappa shape index (κ1) is 14.0. The van der Waals surface area contributed by atoms with Crippen molar-refractivity contribution in [2.45, 2.75) is 20.3 Å². The second-order valence-electron chi connectivity index (χ2n) is 3.90. The number of hydrogen-bond acceptors (Lipinski definition) is 3. The van der Waals surface area contributed by atoms with Crippen LogP contribution in [0.15, 0.2) is 42.6 Å². The van der Waals surface area contributed by atoms with Crippen LogP contribution in [0.4, 0.5) is 5.82 Å². The summed E-state index contributed by atoms with van der Waals surface area (Å²) < 4.78 is 5.09. The van der Waals surface area contributed by atoms with E-state index in [0.717, 1.165) is 16.9 Å². The van der Waals surface area contributed by atoms with E-state index in [2.05, 4.69) is 18.8 Å². The van der Waals surface area contributed by atoms with Gasteiger partial charge in [-0.1, -0.05) is 32.4 Å². The lowest BCUT2D eigenvalue weighted by Gasteiger charge is -2.03. The quantitative estimate of drug-likeness (QED) is 0.875. The van der Waals surface area contributed by atoms with Gasteiger partial charge < -0.3 is 10.5 Å². The zero-order valence-corrected chi connectivity index (χ0v) is 11.2. The predicted molar refractivity (Wildman–Crippen MR) is 76.6 cm³/mol. The van der Waals surface area contributed by atoms with Gasteiger partial charge in [0.05, 0.1) is 7.11 Å². The summed E-state index contributed by atoms with van der Waals surface area (Å²) in [5, 5.41) is 0. The Hall–Kier alpha value is -2.03. The van der Waals surface area contributed by atoms with Crippen LogP contribution in [0.25, 0.3) is 11.1 Å². The monoisotopic (exact) mass is 244 g/mol. The molecule has 1 heterocycles. The van der Waals surface area contributed by atoms with Crippen LogP contribution in [0.2, 0.25) is 0 Å². The summed E-state index contributed by atoms with van der Waals surface area (Å²) in [7, 11) is 1.65. The molecule has 1 aromatic heterocycles. The van der Waals surface area contributed by atoms with Crippen molar-refractivity contribution in [2.24, 2.45) is 0 Å². The second-order valence-corrected chi connectivity index (χ2v) is 3.90. The molecule has 0 aliphatic rings. The first-order valence-corrected chi connectivity index (χ1v) is 6.07. The van der Waals surface area contributed by atoms with Crippen molar-refractivity contribution in [3.05, 3.63) is 42.6 Å². The third-order valence-electron chi connectivity index (χ3n) is 2.20. The molecule has 0 saturated carbocycles. The largest absolute Gasteiger partial charge is 0.497 e. The number of pyridine rings is 1. The summed E-state index contributed by atoms with van der Waals surface area (Å²) in [6.45, 7) is 4.25. The molecule has 0 bridgehead atoms. The van der Waals surface area contributed by atoms with E-state index in [-0.39, 0.29) is 0 Å². The minimum absolute atomic E-state index is 0.531. The third-order valence-corrected chi connectivity index (χ3v) is 2.20. The maximum Gasteiger partial charge on any atom is 0.123 e. The van der Waals surface area contributed by atoms with Crippen LogP contribution in [-0.4, -0.2) is 12.1 Å². The number of nitrogens with zero attached hydrogens (tertiary/aromatic N) is 1. The van der Waals surface area contributed by atoms with E-state index in [1.807, 2.05) is 36.4 Å². The van der Waals surface area contributed by atoms with Gasteiger partial charge in [0.25, 0.3) is 0 Å². The van der Waals surface area contributed by atoms with Gasteiger partial charge in [-0.05, 0) is 35.4 Å². The van der Waals surface area contributed by atoms with Crippen molar-refractivity contribution in [2.75, 3.05) is 12.8 Å². The van der Waals surface area contributed by atoms with E-state index < -0.39 is 0 Å². The molecule has 18 heavy (non-hydrogen) atoms. The Morgan fingerprint density at radius 3 is 2.17 bits per heavy atom. The van der Waals surface area contributed by atoms with Gasteiger partial charge in [-0.2, -0.15) is 0 Å². The normalized spacial score (nSPS) is 9.28. The molecule has 3 heteroatoms. The highest BCUT2D eigenvalue weighted by atomic mass is 16.5. The van der Waals surface area contributed by atoms with E-state index in [4.69, 9.17) is 10.5 Å². The first-order chi connectivity index (χ1) is 8.71. The van der Waals surface area contributed by atoms with Crippen molar-refractivity contribution in [3.8, 4) is 16.9 Å². The van der Waals surface area contributed by atoms with Crippen molar-refractivity contribution in [1.82, 2.24) is 4.98 Å². The molecule has 2 N–H and O–H groups in total. The van der Waals surface area contributed by atoms with Crippen LogP contribution < -0.4 is 10.5 Å². The second kappa shape index (κ2) is 7.33. The average Bonchev–Trinajstić information content (AvgIpc) is 2.40. The van der Waals surface area contributed by atoms with Crippen molar-refractivity contribution >= 4 is 5.82 Å². The Labute approximate surface area is 109 Å². The fourth-order valence-corrected chi connectivity index (χ4v) is 1.41. The number of nitrogens with two attached hydrogens (primary N) is 1. The van der Waals surface area contributed by atoms with Crippen LogP contribution in [0.1, 0.15) is 20.3 Å². The fourth-order valence-electron chi connectivity index (χ4n) is 1.41. The van der Waals surface area contributed by atoms with E-state index in [1.54, 1.807) is 13.3 Å². The minimum Gasteiger partial charge on any atom is -0.497 e. The Morgan fingerprint density at radius 1 is 1.06 bits per heavy atom. The number of methoxy groups -OCH3 is 1. The zero-order chi connectivity index (χ0) is 13.4. The van der Waals surface area contributed by atoms with E-state index in [1.165, 1.54) is 6.42 Å². The van der Waals surface area contributed by atoms with E-state index in [9.17, 15) is 0 Å². The van der Waals surface area contributed by atoms with Crippen LogP contribution in [0.5, 0.6) is 5.75 Å². The minimum atomic E-state index is 0.531. The summed E-state index contributed by atoms with van der Waals surface area (Å²) in [6.07, 6.45) is 2.95. The van der Waals surface area contributed by atoms with Gasteiger partial charge in [0.1, 0.15) is 11.6 Å². The van der Waals surface area contributed by atoms with Crippen LogP contribution in [-0.2, 0) is 0 Å². The number of ether oxygens (including phenoxy) is 1. The third kappa shape index (κ3) is 4.09. The maximum atomic E-state index is 5.62. The summed E-state index contributed by atoms with van der Waals surface area (Å²) in [6, 6.07) is 11.6. The molecular formula is C15H20N2O. The number of anilines is 1. The van der Waals surface area contributed by atoms with E-state index in [0.29, 0.717) is 5.82 Å². The lowest BCUT2D eigenvalue weighted by molar-refractivity contribution is 0.415. The van der Waals surface area contributed by atoms with Crippen LogP contribution >= 0.6 is 0 Å². The summed E-state index contributed by atoms with van der Waals surface area (Å²) in [5.41, 5.74) is 7.78. The van der Waals surface area contributed by atoms with Gasteiger partial charge in [0.2, 0.25) is 0 Å². The zero-order valence-electron chi connectivity index (χ0n) is 11.2. The lowest BCUT2D eigenvalue weighted by Crippen LogP contribution is -1.89. The molecule has 3 nitrogen and oxygen atoms in total. The Bertz CT molecular complexity index is 466. The van der Waals surface area contributed by atoms with Gasteiger partial charge >= 0.3 is 0 Å². The molecule has 0 unspecified atom stereocenters. The average molecular weight is 244 g/mol. The Morgan fingerprint density at radius 2 is 1.67 bits per heavy atom. The number of nitrogen functional groups attached to an aromatic ring is 1. The number of rotatable bonds is 2. The molecular weight excluding hydrogens is 224 g/mol. The van der Waals surface area contributed by atoms with Gasteiger partial charge in [-0.25, -0.2) is 4.98 Å². The maximum absolute atomic E-state index is 5.62. The topological polar surface area (TPSA) is 48.1 Å². The smallest absolute Gasteiger partial charge is 0.123 e. The molecule has 0 aliphatic heterocycles. The predicted octanol–water partition coefficient (Wildman–Crippen LogP) is 3.76. The fraction of sp³-hybridized carbons (Fsp3) is 0.267. The van der Waals surface area contributed by atoms with Gasteiger partial charge in [0.15, 0.2) is 0 Å². The number of aromatic nitrogens is 1. The van der Waals surface area contributed by atoms with Crippen LogP contribution in [0.3, 0.4) is 0 Å². The molecule has 2 rings (SSSR count). The molecule has 0 aliphatic carbocycles. The Kier molecular flexibility index (Phi) is 5.71. The van der Waals surface area contributed by atoms with Gasteiger partial charge in [0, 0.05) is 6.20 Å². The number of hydrogen-bond donors (Lipinski definition) is 1. The SMILES string of the molecule is CCC.COc1ccc(-c2ccnc(N)c2)cc1. The van der Waals surface area contributed by atoms with Crippen molar-refractivity contribution in [1.29, 1.82) is 0 Å². The molecule has 0 fully saturated rings. The van der Waals surface area contributed by atoms with Crippen LogP contribution in [0, 0.1) is 0 Å². The summed E-state index contributed by atoms with van der Waals surface area (Å²) in [4.78, 5) is 3.95. The molecule has 96 valence electrons. The highest BCUT2D eigenvalue weighted by molar-refractivity contribution is 5.66. The molecule has 0 amide bonds. The molecule has 1 aromatic carbocycles. The molecule has 0 spiro atoms. The lowest BCUT2D eigenvalue weighted by atomic mass is 10.1. The molecule has 0 saturated heterocycles. The molecule has 0 radical (unpaired) electrons. The number of benzene rings is 1. The van der Waals surface area contributed by atoms with Gasteiger partial charge in [-0.15, -0.1) is 0 Å². The first-order valence-electron chi connectivity index (χ1n) is 6.07. The Balaban J connectivity index is 0.000000492. The van der Waals surface area contributed by atoms with Gasteiger partial charge in [-0.3, -0.25) is 0 Å². The highest BCUT2D eigenvalue weighted by Gasteiger charge is 1.98. The van der Waals surface area contributed by atoms with E-state index >= 15 is 0 Å². The standard InChI is InChI=1S/C12H12N2O.C3H8/c1-15-11-4-2-9(3-5-11)10-6-7-14-12(13)8-10;1-3-2/h2-8H,1H3,(H2,13,14);3H2,1-2H3. The summed E-state index contributed by atoms with van der Waals surface area (Å²) >= 11 is 0. The molecule has 2 aromatic rings.